The van der Waals surface area contributed by atoms with Crippen LogP contribution in [0.25, 0.3) is 0 Å². The fourth-order valence-electron chi connectivity index (χ4n) is 1.79. The summed E-state index contributed by atoms with van der Waals surface area (Å²) < 4.78 is 0.975. The van der Waals surface area contributed by atoms with Crippen molar-refractivity contribution < 1.29 is 4.79 Å². The molecule has 110 valence electrons. The number of carbonyl (C=O) groups excluding carboxylic acids is 1. The van der Waals surface area contributed by atoms with Crippen LogP contribution in [0.15, 0.2) is 40.9 Å². The summed E-state index contributed by atoms with van der Waals surface area (Å²) in [6.45, 7) is 2.02. The normalized spacial score (nSPS) is 10.3. The van der Waals surface area contributed by atoms with E-state index in [4.69, 9.17) is 23.2 Å². The maximum Gasteiger partial charge on any atom is 0.221 e. The average Bonchev–Trinajstić information content (AvgIpc) is 2.42. The van der Waals surface area contributed by atoms with Crippen molar-refractivity contribution in [2.24, 2.45) is 0 Å². The molecule has 0 atom stereocenters. The smallest absolute Gasteiger partial charge is 0.221 e. The molecule has 0 heterocycles. The van der Waals surface area contributed by atoms with Crippen LogP contribution in [0.5, 0.6) is 0 Å². The summed E-state index contributed by atoms with van der Waals surface area (Å²) in [5.41, 5.74) is 2.42. The Morgan fingerprint density at radius 3 is 2.57 bits per heavy atom. The van der Waals surface area contributed by atoms with Gasteiger partial charge in [-0.05, 0) is 42.0 Å². The first kappa shape index (κ1) is 16.1. The average molecular weight is 388 g/mol. The van der Waals surface area contributed by atoms with Gasteiger partial charge in [0.05, 0.1) is 10.7 Å². The molecule has 21 heavy (non-hydrogen) atoms. The van der Waals surface area contributed by atoms with Crippen LogP contribution in [0, 0.1) is 0 Å². The van der Waals surface area contributed by atoms with Crippen molar-refractivity contribution in [3.05, 3.63) is 56.5 Å². The van der Waals surface area contributed by atoms with Gasteiger partial charge in [-0.2, -0.15) is 0 Å². The Kier molecular flexibility index (Phi) is 5.51. The van der Waals surface area contributed by atoms with Gasteiger partial charge in [-0.3, -0.25) is 4.79 Å². The number of nitrogens with one attached hydrogen (secondary N) is 2. The fraction of sp³-hybridized carbons (Fsp3) is 0.133. The van der Waals surface area contributed by atoms with Crippen LogP contribution in [0.2, 0.25) is 10.0 Å². The lowest BCUT2D eigenvalue weighted by Crippen LogP contribution is -2.06. The van der Waals surface area contributed by atoms with Gasteiger partial charge in [-0.15, -0.1) is 0 Å². The summed E-state index contributed by atoms with van der Waals surface area (Å²) in [4.78, 5) is 11.0. The van der Waals surface area contributed by atoms with Crippen molar-refractivity contribution in [1.29, 1.82) is 0 Å². The van der Waals surface area contributed by atoms with E-state index in [1.807, 2.05) is 24.3 Å². The lowest BCUT2D eigenvalue weighted by Gasteiger charge is -2.11. The van der Waals surface area contributed by atoms with Crippen LogP contribution in [-0.4, -0.2) is 5.91 Å². The molecule has 3 nitrogen and oxygen atoms in total. The molecule has 0 radical (unpaired) electrons. The molecular formula is C15H13BrCl2N2O. The van der Waals surface area contributed by atoms with E-state index in [2.05, 4.69) is 26.6 Å². The van der Waals surface area contributed by atoms with Gasteiger partial charge in [0.2, 0.25) is 5.91 Å². The first-order chi connectivity index (χ1) is 9.95. The van der Waals surface area contributed by atoms with E-state index in [1.165, 1.54) is 6.92 Å². The Labute approximate surface area is 141 Å². The van der Waals surface area contributed by atoms with Crippen LogP contribution < -0.4 is 10.6 Å². The molecule has 0 aliphatic rings. The number of halogens is 3. The van der Waals surface area contributed by atoms with Crippen LogP contribution >= 0.6 is 39.1 Å². The van der Waals surface area contributed by atoms with Gasteiger partial charge in [0.25, 0.3) is 0 Å². The van der Waals surface area contributed by atoms with Crippen molar-refractivity contribution >= 4 is 56.4 Å². The molecule has 0 saturated heterocycles. The number of amides is 1. The maximum absolute atomic E-state index is 11.0. The first-order valence-corrected chi connectivity index (χ1v) is 7.75. The topological polar surface area (TPSA) is 41.1 Å². The highest BCUT2D eigenvalue weighted by molar-refractivity contribution is 9.10. The zero-order valence-corrected chi connectivity index (χ0v) is 14.3. The van der Waals surface area contributed by atoms with E-state index in [-0.39, 0.29) is 5.91 Å². The van der Waals surface area contributed by atoms with Gasteiger partial charge in [0, 0.05) is 28.7 Å². The van der Waals surface area contributed by atoms with Gasteiger partial charge in [0.1, 0.15) is 0 Å². The predicted octanol–water partition coefficient (Wildman–Crippen LogP) is 5.33. The molecule has 2 aromatic rings. The Morgan fingerprint density at radius 1 is 1.14 bits per heavy atom. The van der Waals surface area contributed by atoms with Crippen molar-refractivity contribution in [1.82, 2.24) is 0 Å². The molecule has 0 aromatic heterocycles. The number of anilines is 2. The number of hydrogen-bond acceptors (Lipinski definition) is 2. The molecule has 0 aliphatic carbocycles. The highest BCUT2D eigenvalue weighted by Crippen LogP contribution is 2.27. The van der Waals surface area contributed by atoms with Crippen LogP contribution in [0.1, 0.15) is 12.5 Å². The summed E-state index contributed by atoms with van der Waals surface area (Å²) >= 11 is 15.7. The predicted molar refractivity (Wildman–Crippen MR) is 92.2 cm³/mol. The molecule has 2 aromatic carbocycles. The maximum atomic E-state index is 11.0. The molecule has 0 bridgehead atoms. The van der Waals surface area contributed by atoms with Gasteiger partial charge in [-0.25, -0.2) is 0 Å². The lowest BCUT2D eigenvalue weighted by molar-refractivity contribution is -0.114. The third-order valence-electron chi connectivity index (χ3n) is 2.77. The molecule has 0 saturated carbocycles. The van der Waals surface area contributed by atoms with Crippen LogP contribution in [0.4, 0.5) is 11.4 Å². The number of benzene rings is 2. The molecule has 0 unspecified atom stereocenters. The number of rotatable bonds is 4. The van der Waals surface area contributed by atoms with Gasteiger partial charge >= 0.3 is 0 Å². The minimum absolute atomic E-state index is 0.154. The van der Waals surface area contributed by atoms with Crippen LogP contribution in [-0.2, 0) is 11.3 Å². The second-order valence-corrected chi connectivity index (χ2v) is 6.20. The summed E-state index contributed by atoms with van der Waals surface area (Å²) in [6.07, 6.45) is 0. The zero-order chi connectivity index (χ0) is 15.4. The quantitative estimate of drug-likeness (QED) is 0.744. The third kappa shape index (κ3) is 4.63. The highest BCUT2D eigenvalue weighted by atomic mass is 79.9. The molecule has 0 spiro atoms. The van der Waals surface area contributed by atoms with E-state index in [9.17, 15) is 4.79 Å². The molecule has 0 aliphatic heterocycles. The molecule has 6 heteroatoms. The van der Waals surface area contributed by atoms with E-state index < -0.39 is 0 Å². The molecule has 2 rings (SSSR count). The van der Waals surface area contributed by atoms with Crippen LogP contribution in [0.3, 0.4) is 0 Å². The highest BCUT2D eigenvalue weighted by Gasteiger charge is 2.05. The molecular weight excluding hydrogens is 375 g/mol. The first-order valence-electron chi connectivity index (χ1n) is 6.20. The van der Waals surface area contributed by atoms with Crippen molar-refractivity contribution in [2.45, 2.75) is 13.5 Å². The third-order valence-corrected chi connectivity index (χ3v) is 3.95. The van der Waals surface area contributed by atoms with Gasteiger partial charge < -0.3 is 10.6 Å². The summed E-state index contributed by atoms with van der Waals surface area (Å²) in [6, 6.07) is 11.1. The minimum atomic E-state index is -0.154. The molecule has 2 N–H and O–H groups in total. The zero-order valence-electron chi connectivity index (χ0n) is 11.2. The Bertz CT molecular complexity index is 677. The van der Waals surface area contributed by atoms with Crippen molar-refractivity contribution in [2.75, 3.05) is 10.6 Å². The second-order valence-electron chi connectivity index (χ2n) is 4.47. The second kappa shape index (κ2) is 7.16. The summed E-state index contributed by atoms with van der Waals surface area (Å²) in [5, 5.41) is 7.10. The monoisotopic (exact) mass is 386 g/mol. The Morgan fingerprint density at radius 2 is 1.90 bits per heavy atom. The summed E-state index contributed by atoms with van der Waals surface area (Å²) in [5.74, 6) is -0.154. The largest absolute Gasteiger partial charge is 0.381 e. The van der Waals surface area contributed by atoms with E-state index in [0.717, 1.165) is 15.7 Å². The van der Waals surface area contributed by atoms with E-state index in [0.29, 0.717) is 22.3 Å². The van der Waals surface area contributed by atoms with Crippen molar-refractivity contribution in [3.63, 3.8) is 0 Å². The standard InChI is InChI=1S/C15H13BrCl2N2O/c1-9(21)20-15-5-3-12(7-14(15)18)19-8-10-6-11(16)2-4-13(10)17/h2-7,19H,8H2,1H3,(H,20,21). The van der Waals surface area contributed by atoms with Gasteiger partial charge in [-0.1, -0.05) is 39.1 Å². The van der Waals surface area contributed by atoms with Crippen molar-refractivity contribution in [3.8, 4) is 0 Å². The molecule has 0 fully saturated rings. The SMILES string of the molecule is CC(=O)Nc1ccc(NCc2cc(Br)ccc2Cl)cc1Cl. The van der Waals surface area contributed by atoms with E-state index in [1.54, 1.807) is 12.1 Å². The molecule has 1 amide bonds. The minimum Gasteiger partial charge on any atom is -0.381 e. The number of hydrogen-bond donors (Lipinski definition) is 2. The number of carbonyl (C=O) groups is 1. The lowest BCUT2D eigenvalue weighted by atomic mass is 10.2. The Hall–Kier alpha value is -1.23. The van der Waals surface area contributed by atoms with E-state index >= 15 is 0 Å². The summed E-state index contributed by atoms with van der Waals surface area (Å²) in [7, 11) is 0. The fourth-order valence-corrected chi connectivity index (χ4v) is 2.61. The Balaban J connectivity index is 2.08. The van der Waals surface area contributed by atoms with Gasteiger partial charge in [0.15, 0.2) is 0 Å².